The van der Waals surface area contributed by atoms with E-state index in [4.69, 9.17) is 10.5 Å². The summed E-state index contributed by atoms with van der Waals surface area (Å²) in [4.78, 5) is 0. The van der Waals surface area contributed by atoms with E-state index in [0.29, 0.717) is 6.61 Å². The molecule has 3 heteroatoms. The second kappa shape index (κ2) is 5.55. The molecule has 0 heterocycles. The fourth-order valence-electron chi connectivity index (χ4n) is 2.21. The molecule has 0 saturated heterocycles. The van der Waals surface area contributed by atoms with Crippen LogP contribution in [0, 0.1) is 0 Å². The molecule has 0 amide bonds. The first-order chi connectivity index (χ1) is 9.74. The molecule has 2 N–H and O–H groups in total. The first-order valence-corrected chi connectivity index (χ1v) is 7.18. The van der Waals surface area contributed by atoms with E-state index in [2.05, 4.69) is 22.0 Å². The summed E-state index contributed by atoms with van der Waals surface area (Å²) in [6.07, 6.45) is 0. The van der Waals surface area contributed by atoms with Gasteiger partial charge in [0.05, 0.1) is 0 Å². The fourth-order valence-corrected chi connectivity index (χ4v) is 2.66. The minimum absolute atomic E-state index is 0.535. The lowest BCUT2D eigenvalue weighted by Gasteiger charge is -2.11. The molecule has 0 bridgehead atoms. The number of fused-ring (bicyclic) bond motifs is 1. The lowest BCUT2D eigenvalue weighted by atomic mass is 10.1. The van der Waals surface area contributed by atoms with Crippen LogP contribution in [0.1, 0.15) is 5.56 Å². The van der Waals surface area contributed by atoms with Crippen molar-refractivity contribution in [2.45, 2.75) is 6.61 Å². The van der Waals surface area contributed by atoms with Crippen molar-refractivity contribution in [3.8, 4) is 5.75 Å². The van der Waals surface area contributed by atoms with Crippen LogP contribution in [0.25, 0.3) is 10.8 Å². The van der Waals surface area contributed by atoms with Gasteiger partial charge in [0.1, 0.15) is 12.4 Å². The van der Waals surface area contributed by atoms with Gasteiger partial charge < -0.3 is 10.5 Å². The van der Waals surface area contributed by atoms with E-state index in [-0.39, 0.29) is 0 Å². The minimum atomic E-state index is 0.535. The highest BCUT2D eigenvalue weighted by Crippen LogP contribution is 2.30. The van der Waals surface area contributed by atoms with E-state index in [1.807, 2.05) is 54.6 Å². The fraction of sp³-hybridized carbons (Fsp3) is 0.0588. The molecule has 2 nitrogen and oxygen atoms in total. The van der Waals surface area contributed by atoms with Crippen LogP contribution in [0.3, 0.4) is 0 Å². The van der Waals surface area contributed by atoms with Crippen molar-refractivity contribution >= 4 is 32.4 Å². The SMILES string of the molecule is Nc1ccc(OCc2cccc(Br)c2)c2ccccc12. The molecule has 0 radical (unpaired) electrons. The molecular weight excluding hydrogens is 314 g/mol. The molecule has 0 unspecified atom stereocenters. The van der Waals surface area contributed by atoms with Crippen LogP contribution in [-0.2, 0) is 6.61 Å². The molecule has 0 aliphatic heterocycles. The molecule has 0 saturated carbocycles. The molecule has 0 aliphatic rings. The van der Waals surface area contributed by atoms with Gasteiger partial charge in [0.25, 0.3) is 0 Å². The van der Waals surface area contributed by atoms with Crippen LogP contribution in [0.5, 0.6) is 5.75 Å². The van der Waals surface area contributed by atoms with Crippen molar-refractivity contribution in [2.24, 2.45) is 0 Å². The Hall–Kier alpha value is -2.00. The van der Waals surface area contributed by atoms with Crippen LogP contribution >= 0.6 is 15.9 Å². The van der Waals surface area contributed by atoms with Gasteiger partial charge in [-0.05, 0) is 29.8 Å². The molecule has 3 rings (SSSR count). The third-order valence-corrected chi connectivity index (χ3v) is 3.69. The Kier molecular flexibility index (Phi) is 3.61. The Bertz CT molecular complexity index is 755. The summed E-state index contributed by atoms with van der Waals surface area (Å²) < 4.78 is 7.00. The predicted octanol–water partition coefficient (Wildman–Crippen LogP) is 4.76. The zero-order chi connectivity index (χ0) is 13.9. The molecule has 0 aliphatic carbocycles. The summed E-state index contributed by atoms with van der Waals surface area (Å²) in [5.41, 5.74) is 7.89. The average Bonchev–Trinajstić information content (AvgIpc) is 2.47. The number of hydrogen-bond donors (Lipinski definition) is 1. The van der Waals surface area contributed by atoms with Gasteiger partial charge in [0.2, 0.25) is 0 Å². The third-order valence-electron chi connectivity index (χ3n) is 3.20. The number of hydrogen-bond acceptors (Lipinski definition) is 2. The Morgan fingerprint density at radius 2 is 1.70 bits per heavy atom. The lowest BCUT2D eigenvalue weighted by molar-refractivity contribution is 0.310. The number of halogens is 1. The van der Waals surface area contributed by atoms with Crippen LogP contribution in [0.4, 0.5) is 5.69 Å². The van der Waals surface area contributed by atoms with Gasteiger partial charge in [-0.15, -0.1) is 0 Å². The zero-order valence-electron chi connectivity index (χ0n) is 10.8. The van der Waals surface area contributed by atoms with Gasteiger partial charge in [-0.1, -0.05) is 52.3 Å². The van der Waals surface area contributed by atoms with Gasteiger partial charge in [-0.3, -0.25) is 0 Å². The molecule has 3 aromatic carbocycles. The van der Waals surface area contributed by atoms with Crippen molar-refractivity contribution in [2.75, 3.05) is 5.73 Å². The minimum Gasteiger partial charge on any atom is -0.488 e. The maximum atomic E-state index is 5.99. The molecule has 0 atom stereocenters. The van der Waals surface area contributed by atoms with E-state index in [0.717, 1.165) is 32.2 Å². The third kappa shape index (κ3) is 2.63. The second-order valence-corrected chi connectivity index (χ2v) is 5.53. The molecule has 3 aromatic rings. The summed E-state index contributed by atoms with van der Waals surface area (Å²) in [6.45, 7) is 0.535. The highest BCUT2D eigenvalue weighted by Gasteiger charge is 2.05. The molecular formula is C17H14BrNO. The van der Waals surface area contributed by atoms with Gasteiger partial charge >= 0.3 is 0 Å². The normalized spacial score (nSPS) is 10.7. The maximum Gasteiger partial charge on any atom is 0.127 e. The van der Waals surface area contributed by atoms with Crippen LogP contribution in [-0.4, -0.2) is 0 Å². The van der Waals surface area contributed by atoms with Crippen molar-refractivity contribution in [3.05, 3.63) is 70.7 Å². The summed E-state index contributed by atoms with van der Waals surface area (Å²) in [5.74, 6) is 0.856. The smallest absolute Gasteiger partial charge is 0.127 e. The average molecular weight is 328 g/mol. The van der Waals surface area contributed by atoms with E-state index >= 15 is 0 Å². The van der Waals surface area contributed by atoms with E-state index in [1.54, 1.807) is 0 Å². The highest BCUT2D eigenvalue weighted by atomic mass is 79.9. The number of anilines is 1. The molecule has 100 valence electrons. The van der Waals surface area contributed by atoms with E-state index in [1.165, 1.54) is 0 Å². The van der Waals surface area contributed by atoms with E-state index in [9.17, 15) is 0 Å². The summed E-state index contributed by atoms with van der Waals surface area (Å²) >= 11 is 3.47. The lowest BCUT2D eigenvalue weighted by Crippen LogP contribution is -1.97. The number of ether oxygens (including phenoxy) is 1. The Labute approximate surface area is 126 Å². The first kappa shape index (κ1) is 13.0. The maximum absolute atomic E-state index is 5.99. The number of rotatable bonds is 3. The van der Waals surface area contributed by atoms with Crippen LogP contribution in [0.2, 0.25) is 0 Å². The Morgan fingerprint density at radius 3 is 2.50 bits per heavy atom. The highest BCUT2D eigenvalue weighted by molar-refractivity contribution is 9.10. The van der Waals surface area contributed by atoms with Crippen molar-refractivity contribution < 1.29 is 4.74 Å². The summed E-state index contributed by atoms with van der Waals surface area (Å²) in [7, 11) is 0. The predicted molar refractivity (Wildman–Crippen MR) is 86.8 cm³/mol. The second-order valence-electron chi connectivity index (χ2n) is 4.62. The van der Waals surface area contributed by atoms with Crippen LogP contribution in [0.15, 0.2) is 65.1 Å². The monoisotopic (exact) mass is 327 g/mol. The first-order valence-electron chi connectivity index (χ1n) is 6.38. The topological polar surface area (TPSA) is 35.2 Å². The zero-order valence-corrected chi connectivity index (χ0v) is 12.4. The van der Waals surface area contributed by atoms with Crippen molar-refractivity contribution in [1.29, 1.82) is 0 Å². The van der Waals surface area contributed by atoms with E-state index < -0.39 is 0 Å². The Balaban J connectivity index is 1.90. The number of nitrogen functional groups attached to an aromatic ring is 1. The van der Waals surface area contributed by atoms with Gasteiger partial charge in [0.15, 0.2) is 0 Å². The number of benzene rings is 3. The van der Waals surface area contributed by atoms with Gasteiger partial charge in [-0.25, -0.2) is 0 Å². The Morgan fingerprint density at radius 1 is 0.900 bits per heavy atom. The van der Waals surface area contributed by atoms with Crippen LogP contribution < -0.4 is 10.5 Å². The quantitative estimate of drug-likeness (QED) is 0.703. The molecule has 20 heavy (non-hydrogen) atoms. The molecule has 0 spiro atoms. The van der Waals surface area contributed by atoms with Crippen molar-refractivity contribution in [1.82, 2.24) is 0 Å². The summed E-state index contributed by atoms with van der Waals surface area (Å²) in [5, 5.41) is 2.07. The molecule has 0 fully saturated rings. The van der Waals surface area contributed by atoms with Gasteiger partial charge in [-0.2, -0.15) is 0 Å². The van der Waals surface area contributed by atoms with Gasteiger partial charge in [0, 0.05) is 20.9 Å². The number of nitrogens with two attached hydrogens (primary N) is 1. The standard InChI is InChI=1S/C17H14BrNO/c18-13-5-3-4-12(10-13)11-20-17-9-8-16(19)14-6-1-2-7-15(14)17/h1-10H,11,19H2. The largest absolute Gasteiger partial charge is 0.488 e. The summed E-state index contributed by atoms with van der Waals surface area (Å²) in [6, 6.07) is 19.9. The molecule has 0 aromatic heterocycles. The van der Waals surface area contributed by atoms with Crippen molar-refractivity contribution in [3.63, 3.8) is 0 Å².